The SMILES string of the molecule is CCCC(C)(C)C(C)C(=O)NCCCN(C)C. The lowest BCUT2D eigenvalue weighted by atomic mass is 9.76. The quantitative estimate of drug-likeness (QED) is 0.663. The molecule has 1 atom stereocenters. The highest BCUT2D eigenvalue weighted by Gasteiger charge is 2.30. The molecule has 0 spiro atoms. The van der Waals surface area contributed by atoms with Crippen molar-refractivity contribution in [3.63, 3.8) is 0 Å². The number of nitrogens with zero attached hydrogens (tertiary/aromatic N) is 1. The van der Waals surface area contributed by atoms with Gasteiger partial charge in [-0.15, -0.1) is 0 Å². The molecule has 0 radical (unpaired) electrons. The first-order valence-corrected chi connectivity index (χ1v) is 6.73. The average molecular weight is 242 g/mol. The lowest BCUT2D eigenvalue weighted by molar-refractivity contribution is -0.128. The van der Waals surface area contributed by atoms with E-state index < -0.39 is 0 Å². The molecule has 1 amide bonds. The summed E-state index contributed by atoms with van der Waals surface area (Å²) >= 11 is 0. The number of hydrogen-bond donors (Lipinski definition) is 1. The molecule has 0 saturated heterocycles. The second-order valence-electron chi connectivity index (χ2n) is 5.91. The van der Waals surface area contributed by atoms with Crippen LogP contribution in [0.15, 0.2) is 0 Å². The van der Waals surface area contributed by atoms with Crippen molar-refractivity contribution in [2.24, 2.45) is 11.3 Å². The van der Waals surface area contributed by atoms with Crippen LogP contribution < -0.4 is 5.32 Å². The zero-order chi connectivity index (χ0) is 13.5. The largest absolute Gasteiger partial charge is 0.356 e. The van der Waals surface area contributed by atoms with Crippen LogP contribution in [-0.4, -0.2) is 38.0 Å². The van der Waals surface area contributed by atoms with Gasteiger partial charge < -0.3 is 10.2 Å². The van der Waals surface area contributed by atoms with Gasteiger partial charge in [0.05, 0.1) is 0 Å². The van der Waals surface area contributed by atoms with Crippen LogP contribution in [0, 0.1) is 11.3 Å². The minimum Gasteiger partial charge on any atom is -0.356 e. The van der Waals surface area contributed by atoms with E-state index in [-0.39, 0.29) is 17.2 Å². The number of hydrogen-bond acceptors (Lipinski definition) is 2. The smallest absolute Gasteiger partial charge is 0.223 e. The van der Waals surface area contributed by atoms with Gasteiger partial charge in [0.1, 0.15) is 0 Å². The minimum absolute atomic E-state index is 0.0850. The summed E-state index contributed by atoms with van der Waals surface area (Å²) in [5.41, 5.74) is 0.0976. The zero-order valence-electron chi connectivity index (χ0n) is 12.5. The summed E-state index contributed by atoms with van der Waals surface area (Å²) in [5.74, 6) is 0.281. The molecular formula is C14H30N2O. The van der Waals surface area contributed by atoms with E-state index in [4.69, 9.17) is 0 Å². The molecule has 0 aromatic carbocycles. The van der Waals surface area contributed by atoms with Crippen LogP contribution in [0.25, 0.3) is 0 Å². The van der Waals surface area contributed by atoms with Crippen molar-refractivity contribution in [3.8, 4) is 0 Å². The molecule has 0 fully saturated rings. The highest BCUT2D eigenvalue weighted by molar-refractivity contribution is 5.78. The van der Waals surface area contributed by atoms with Gasteiger partial charge in [0.25, 0.3) is 0 Å². The molecule has 0 heterocycles. The van der Waals surface area contributed by atoms with Crippen LogP contribution in [0.2, 0.25) is 0 Å². The zero-order valence-corrected chi connectivity index (χ0v) is 12.5. The van der Waals surface area contributed by atoms with Crippen LogP contribution in [0.3, 0.4) is 0 Å². The molecule has 0 aromatic rings. The predicted molar refractivity (Wildman–Crippen MR) is 74.0 cm³/mol. The molecule has 1 unspecified atom stereocenters. The second-order valence-corrected chi connectivity index (χ2v) is 5.91. The normalized spacial score (nSPS) is 13.8. The third kappa shape index (κ3) is 6.67. The van der Waals surface area contributed by atoms with Gasteiger partial charge in [0.15, 0.2) is 0 Å². The highest BCUT2D eigenvalue weighted by Crippen LogP contribution is 2.31. The summed E-state index contributed by atoms with van der Waals surface area (Å²) in [6, 6.07) is 0. The Morgan fingerprint density at radius 1 is 1.35 bits per heavy atom. The molecule has 1 N–H and O–H groups in total. The van der Waals surface area contributed by atoms with E-state index in [0.29, 0.717) is 0 Å². The van der Waals surface area contributed by atoms with Crippen molar-refractivity contribution < 1.29 is 4.79 Å². The number of nitrogens with one attached hydrogen (secondary N) is 1. The van der Waals surface area contributed by atoms with Gasteiger partial charge >= 0.3 is 0 Å². The standard InChI is InChI=1S/C14H30N2O/c1-7-9-14(3,4)12(2)13(17)15-10-8-11-16(5)6/h12H,7-11H2,1-6H3,(H,15,17). The molecule has 0 aliphatic carbocycles. The molecular weight excluding hydrogens is 212 g/mol. The third-order valence-corrected chi connectivity index (χ3v) is 3.54. The fraction of sp³-hybridized carbons (Fsp3) is 0.929. The van der Waals surface area contributed by atoms with Gasteiger partial charge in [-0.3, -0.25) is 4.79 Å². The van der Waals surface area contributed by atoms with Gasteiger partial charge in [-0.1, -0.05) is 34.1 Å². The predicted octanol–water partition coefficient (Wildman–Crippen LogP) is 2.52. The van der Waals surface area contributed by atoms with E-state index in [9.17, 15) is 4.79 Å². The lowest BCUT2D eigenvalue weighted by Crippen LogP contribution is -2.38. The summed E-state index contributed by atoms with van der Waals surface area (Å²) in [6.45, 7) is 10.4. The van der Waals surface area contributed by atoms with Gasteiger partial charge in [-0.25, -0.2) is 0 Å². The summed E-state index contributed by atoms with van der Waals surface area (Å²) in [6.07, 6.45) is 3.24. The summed E-state index contributed by atoms with van der Waals surface area (Å²) < 4.78 is 0. The topological polar surface area (TPSA) is 32.3 Å². The molecule has 102 valence electrons. The van der Waals surface area contributed by atoms with Crippen molar-refractivity contribution >= 4 is 5.91 Å². The molecule has 0 rings (SSSR count). The van der Waals surface area contributed by atoms with E-state index in [1.807, 2.05) is 6.92 Å². The van der Waals surface area contributed by atoms with E-state index in [0.717, 1.165) is 32.4 Å². The van der Waals surface area contributed by atoms with Gasteiger partial charge in [0.2, 0.25) is 5.91 Å². The summed E-state index contributed by atoms with van der Waals surface area (Å²) in [4.78, 5) is 14.1. The Balaban J connectivity index is 3.97. The van der Waals surface area contributed by atoms with Crippen molar-refractivity contribution in [3.05, 3.63) is 0 Å². The van der Waals surface area contributed by atoms with Crippen LogP contribution in [-0.2, 0) is 4.79 Å². The molecule has 3 heteroatoms. The Hall–Kier alpha value is -0.570. The lowest BCUT2D eigenvalue weighted by Gasteiger charge is -2.30. The Kier molecular flexibility index (Phi) is 7.44. The fourth-order valence-electron chi connectivity index (χ4n) is 1.98. The average Bonchev–Trinajstić information content (AvgIpc) is 2.22. The van der Waals surface area contributed by atoms with E-state index >= 15 is 0 Å². The second kappa shape index (κ2) is 7.70. The fourth-order valence-corrected chi connectivity index (χ4v) is 1.98. The molecule has 0 bridgehead atoms. The number of carbonyl (C=O) groups excluding carboxylic acids is 1. The van der Waals surface area contributed by atoms with Crippen LogP contribution in [0.1, 0.15) is 47.0 Å². The van der Waals surface area contributed by atoms with Crippen molar-refractivity contribution in [2.45, 2.75) is 47.0 Å². The highest BCUT2D eigenvalue weighted by atomic mass is 16.1. The van der Waals surface area contributed by atoms with Gasteiger partial charge in [-0.2, -0.15) is 0 Å². The molecule has 17 heavy (non-hydrogen) atoms. The van der Waals surface area contributed by atoms with Gasteiger partial charge in [0, 0.05) is 12.5 Å². The number of amides is 1. The first-order chi connectivity index (χ1) is 7.81. The maximum absolute atomic E-state index is 12.0. The number of carbonyl (C=O) groups is 1. The van der Waals surface area contributed by atoms with Crippen LogP contribution in [0.5, 0.6) is 0 Å². The van der Waals surface area contributed by atoms with Gasteiger partial charge in [-0.05, 0) is 38.9 Å². The Morgan fingerprint density at radius 2 is 1.94 bits per heavy atom. The number of rotatable bonds is 8. The summed E-state index contributed by atoms with van der Waals surface area (Å²) in [5, 5.41) is 3.04. The van der Waals surface area contributed by atoms with E-state index in [2.05, 4.69) is 45.1 Å². The Morgan fingerprint density at radius 3 is 2.41 bits per heavy atom. The molecule has 0 aliphatic rings. The maximum Gasteiger partial charge on any atom is 0.223 e. The first-order valence-electron chi connectivity index (χ1n) is 6.73. The Bertz CT molecular complexity index is 224. The van der Waals surface area contributed by atoms with Crippen molar-refractivity contribution in [2.75, 3.05) is 27.2 Å². The maximum atomic E-state index is 12.0. The van der Waals surface area contributed by atoms with Crippen molar-refractivity contribution in [1.82, 2.24) is 10.2 Å². The molecule has 0 aromatic heterocycles. The van der Waals surface area contributed by atoms with Crippen LogP contribution in [0.4, 0.5) is 0 Å². The monoisotopic (exact) mass is 242 g/mol. The first kappa shape index (κ1) is 16.4. The van der Waals surface area contributed by atoms with E-state index in [1.54, 1.807) is 0 Å². The Labute approximate surface area is 107 Å². The van der Waals surface area contributed by atoms with Crippen LogP contribution >= 0.6 is 0 Å². The molecule has 0 aliphatic heterocycles. The molecule has 3 nitrogen and oxygen atoms in total. The molecule has 0 saturated carbocycles. The third-order valence-electron chi connectivity index (χ3n) is 3.54. The minimum atomic E-state index is 0.0850. The summed E-state index contributed by atoms with van der Waals surface area (Å²) in [7, 11) is 4.10. The van der Waals surface area contributed by atoms with E-state index in [1.165, 1.54) is 0 Å². The van der Waals surface area contributed by atoms with Crippen molar-refractivity contribution in [1.29, 1.82) is 0 Å².